The summed E-state index contributed by atoms with van der Waals surface area (Å²) in [7, 11) is 2.14. The SMILES string of the molecule is CN(CC(Cl)=CCl)C1CC2CCC(C1)N2. The van der Waals surface area contributed by atoms with E-state index in [1.807, 2.05) is 0 Å². The summed E-state index contributed by atoms with van der Waals surface area (Å²) in [5.74, 6) is 0. The van der Waals surface area contributed by atoms with Crippen LogP contribution in [0.5, 0.6) is 0 Å². The second-order valence-corrected chi connectivity index (χ2v) is 5.44. The Morgan fingerprint density at radius 3 is 2.53 bits per heavy atom. The van der Waals surface area contributed by atoms with Crippen LogP contribution in [0, 0.1) is 0 Å². The molecule has 1 N–H and O–H groups in total. The fourth-order valence-corrected chi connectivity index (χ4v) is 3.05. The van der Waals surface area contributed by atoms with Gasteiger partial charge in [-0.15, -0.1) is 0 Å². The summed E-state index contributed by atoms with van der Waals surface area (Å²) in [4.78, 5) is 2.33. The molecule has 0 aliphatic carbocycles. The quantitative estimate of drug-likeness (QED) is 0.826. The van der Waals surface area contributed by atoms with E-state index in [0.29, 0.717) is 6.04 Å². The molecule has 0 aromatic rings. The number of nitrogens with zero attached hydrogens (tertiary/aromatic N) is 1. The van der Waals surface area contributed by atoms with Crippen LogP contribution < -0.4 is 5.32 Å². The second-order valence-electron chi connectivity index (χ2n) is 4.73. The van der Waals surface area contributed by atoms with E-state index < -0.39 is 0 Å². The van der Waals surface area contributed by atoms with Gasteiger partial charge >= 0.3 is 0 Å². The van der Waals surface area contributed by atoms with E-state index >= 15 is 0 Å². The molecule has 2 rings (SSSR count). The lowest BCUT2D eigenvalue weighted by molar-refractivity contribution is 0.186. The fourth-order valence-electron chi connectivity index (χ4n) is 2.79. The van der Waals surface area contributed by atoms with Crippen molar-refractivity contribution < 1.29 is 0 Å². The number of rotatable bonds is 3. The maximum atomic E-state index is 5.94. The normalized spacial score (nSPS) is 36.3. The topological polar surface area (TPSA) is 15.3 Å². The smallest absolute Gasteiger partial charge is 0.0434 e. The second kappa shape index (κ2) is 5.05. The summed E-state index contributed by atoms with van der Waals surface area (Å²) < 4.78 is 0. The highest BCUT2D eigenvalue weighted by Gasteiger charge is 2.34. The molecule has 0 aromatic heterocycles. The van der Waals surface area contributed by atoms with Crippen LogP contribution >= 0.6 is 23.2 Å². The van der Waals surface area contributed by atoms with Gasteiger partial charge in [-0.25, -0.2) is 0 Å². The van der Waals surface area contributed by atoms with Crippen molar-refractivity contribution in [2.45, 2.75) is 43.8 Å². The molecule has 2 heterocycles. The van der Waals surface area contributed by atoms with Crippen molar-refractivity contribution in [3.8, 4) is 0 Å². The average Bonchev–Trinajstić information content (AvgIpc) is 2.57. The first-order chi connectivity index (χ1) is 7.19. The summed E-state index contributed by atoms with van der Waals surface area (Å²) in [6.07, 6.45) is 5.18. The van der Waals surface area contributed by atoms with Crippen LogP contribution in [0.25, 0.3) is 0 Å². The number of piperidine rings is 1. The number of halogens is 2. The molecule has 0 saturated carbocycles. The van der Waals surface area contributed by atoms with Crippen LogP contribution in [0.2, 0.25) is 0 Å². The van der Waals surface area contributed by atoms with Crippen LogP contribution in [0.1, 0.15) is 25.7 Å². The first-order valence-corrected chi connectivity index (χ1v) is 6.41. The lowest BCUT2D eigenvalue weighted by Crippen LogP contribution is -2.47. The Labute approximate surface area is 102 Å². The monoisotopic (exact) mass is 248 g/mol. The fraction of sp³-hybridized carbons (Fsp3) is 0.818. The number of likely N-dealkylation sites (N-methyl/N-ethyl adjacent to an activating group) is 1. The summed E-state index contributed by atoms with van der Waals surface area (Å²) in [5, 5.41) is 4.37. The molecule has 2 unspecified atom stereocenters. The maximum absolute atomic E-state index is 5.94. The Hall–Kier alpha value is 0.240. The van der Waals surface area contributed by atoms with Crippen molar-refractivity contribution >= 4 is 23.2 Å². The van der Waals surface area contributed by atoms with Gasteiger partial charge in [0.25, 0.3) is 0 Å². The number of nitrogens with one attached hydrogen (secondary N) is 1. The molecule has 0 amide bonds. The standard InChI is InChI=1S/C11H18Cl2N2/c1-15(7-8(13)6-12)11-4-9-2-3-10(5-11)14-9/h6,9-11,14H,2-5,7H2,1H3. The molecule has 4 heteroatoms. The summed E-state index contributed by atoms with van der Waals surface area (Å²) >= 11 is 11.5. The van der Waals surface area contributed by atoms with E-state index in [9.17, 15) is 0 Å². The van der Waals surface area contributed by atoms with Crippen molar-refractivity contribution in [2.24, 2.45) is 0 Å². The predicted octanol–water partition coefficient (Wildman–Crippen LogP) is 2.52. The molecule has 2 fully saturated rings. The van der Waals surface area contributed by atoms with E-state index in [4.69, 9.17) is 23.2 Å². The zero-order valence-electron chi connectivity index (χ0n) is 9.05. The molecule has 0 radical (unpaired) electrons. The highest BCUT2D eigenvalue weighted by atomic mass is 35.5. The molecule has 2 nitrogen and oxygen atoms in total. The van der Waals surface area contributed by atoms with Crippen molar-refractivity contribution in [1.29, 1.82) is 0 Å². The zero-order valence-corrected chi connectivity index (χ0v) is 10.6. The Kier molecular flexibility index (Phi) is 3.94. The summed E-state index contributed by atoms with van der Waals surface area (Å²) in [6.45, 7) is 0.773. The average molecular weight is 249 g/mol. The van der Waals surface area contributed by atoms with Crippen LogP contribution in [0.15, 0.2) is 10.6 Å². The van der Waals surface area contributed by atoms with Crippen molar-refractivity contribution in [2.75, 3.05) is 13.6 Å². The van der Waals surface area contributed by atoms with Crippen molar-refractivity contribution in [3.63, 3.8) is 0 Å². The number of hydrogen-bond donors (Lipinski definition) is 1. The van der Waals surface area contributed by atoms with E-state index in [2.05, 4.69) is 17.3 Å². The van der Waals surface area contributed by atoms with Crippen molar-refractivity contribution in [1.82, 2.24) is 10.2 Å². The van der Waals surface area contributed by atoms with Gasteiger partial charge in [0.05, 0.1) is 0 Å². The molecule has 2 atom stereocenters. The van der Waals surface area contributed by atoms with Gasteiger partial charge in [-0.2, -0.15) is 0 Å². The molecular weight excluding hydrogens is 231 g/mol. The third-order valence-electron chi connectivity index (χ3n) is 3.59. The van der Waals surface area contributed by atoms with Gasteiger partial charge in [0, 0.05) is 35.2 Å². The van der Waals surface area contributed by atoms with E-state index in [1.54, 1.807) is 0 Å². The molecule has 2 saturated heterocycles. The molecule has 0 aromatic carbocycles. The lowest BCUT2D eigenvalue weighted by atomic mass is 9.98. The van der Waals surface area contributed by atoms with E-state index in [1.165, 1.54) is 31.2 Å². The molecule has 2 aliphatic heterocycles. The predicted molar refractivity (Wildman–Crippen MR) is 65.4 cm³/mol. The minimum absolute atomic E-state index is 0.661. The summed E-state index contributed by atoms with van der Waals surface area (Å²) in [6, 6.07) is 2.12. The Bertz CT molecular complexity index is 243. The molecule has 15 heavy (non-hydrogen) atoms. The molecule has 0 spiro atoms. The van der Waals surface area contributed by atoms with Crippen LogP contribution in [0.3, 0.4) is 0 Å². The van der Waals surface area contributed by atoms with Gasteiger partial charge in [-0.05, 0) is 32.7 Å². The minimum atomic E-state index is 0.661. The van der Waals surface area contributed by atoms with Gasteiger partial charge in [-0.1, -0.05) is 23.2 Å². The number of fused-ring (bicyclic) bond motifs is 2. The van der Waals surface area contributed by atoms with Crippen molar-refractivity contribution in [3.05, 3.63) is 10.6 Å². The van der Waals surface area contributed by atoms with Gasteiger partial charge < -0.3 is 5.32 Å². The molecular formula is C11H18Cl2N2. The van der Waals surface area contributed by atoms with Gasteiger partial charge in [-0.3, -0.25) is 4.90 Å². The maximum Gasteiger partial charge on any atom is 0.0434 e. The minimum Gasteiger partial charge on any atom is -0.311 e. The number of hydrogen-bond acceptors (Lipinski definition) is 2. The molecule has 2 bridgehead atoms. The first kappa shape index (κ1) is 11.7. The third kappa shape index (κ3) is 2.88. The lowest BCUT2D eigenvalue weighted by Gasteiger charge is -2.35. The van der Waals surface area contributed by atoms with E-state index in [-0.39, 0.29) is 0 Å². The Morgan fingerprint density at radius 2 is 2.00 bits per heavy atom. The highest BCUT2D eigenvalue weighted by Crippen LogP contribution is 2.29. The van der Waals surface area contributed by atoms with Gasteiger partial charge in [0.15, 0.2) is 0 Å². The van der Waals surface area contributed by atoms with Crippen LogP contribution in [-0.4, -0.2) is 36.6 Å². The van der Waals surface area contributed by atoms with Crippen LogP contribution in [0.4, 0.5) is 0 Å². The first-order valence-electron chi connectivity index (χ1n) is 5.60. The highest BCUT2D eigenvalue weighted by molar-refractivity contribution is 6.36. The summed E-state index contributed by atoms with van der Waals surface area (Å²) in [5.41, 5.74) is 1.47. The largest absolute Gasteiger partial charge is 0.311 e. The van der Waals surface area contributed by atoms with Gasteiger partial charge in [0.2, 0.25) is 0 Å². The zero-order chi connectivity index (χ0) is 10.8. The Morgan fingerprint density at radius 1 is 1.40 bits per heavy atom. The van der Waals surface area contributed by atoms with Gasteiger partial charge in [0.1, 0.15) is 0 Å². The Balaban J connectivity index is 1.88. The van der Waals surface area contributed by atoms with E-state index in [0.717, 1.165) is 23.7 Å². The molecule has 2 aliphatic rings. The molecule has 86 valence electrons. The van der Waals surface area contributed by atoms with Crippen LogP contribution in [-0.2, 0) is 0 Å². The third-order valence-corrected chi connectivity index (χ3v) is 4.19.